The lowest BCUT2D eigenvalue weighted by Gasteiger charge is -2.27. The Hall–Kier alpha value is -1.60. The summed E-state index contributed by atoms with van der Waals surface area (Å²) in [7, 11) is -3.63. The van der Waals surface area contributed by atoms with Crippen LogP contribution in [0.4, 0.5) is 5.69 Å². The third kappa shape index (κ3) is 4.73. The van der Waals surface area contributed by atoms with Gasteiger partial charge >= 0.3 is 0 Å². The number of benzene rings is 2. The van der Waals surface area contributed by atoms with E-state index in [4.69, 9.17) is 16.3 Å². The van der Waals surface area contributed by atoms with Gasteiger partial charge < -0.3 is 4.74 Å². The summed E-state index contributed by atoms with van der Waals surface area (Å²) in [5.74, 6) is 0. The van der Waals surface area contributed by atoms with Gasteiger partial charge in [-0.05, 0) is 42.3 Å². The first-order valence-electron chi connectivity index (χ1n) is 8.12. The molecule has 1 saturated heterocycles. The highest BCUT2D eigenvalue weighted by atomic mass is 35.5. The van der Waals surface area contributed by atoms with E-state index in [1.54, 1.807) is 30.3 Å². The number of ether oxygens (including phenoxy) is 1. The Morgan fingerprint density at radius 1 is 1.16 bits per heavy atom. The molecule has 2 aromatic carbocycles. The standard InChI is InChI=1S/C18H21ClN2O3S/c1-14-3-2-4-17(11-14)25(22,23)20-16-6-5-15(18(19)12-16)13-21-7-9-24-10-8-21/h2-6,11-12,20H,7-10,13H2,1H3. The molecule has 0 aromatic heterocycles. The Labute approximate surface area is 153 Å². The third-order valence-electron chi connectivity index (χ3n) is 4.10. The molecule has 0 unspecified atom stereocenters. The van der Waals surface area contributed by atoms with Crippen LogP contribution in [0.2, 0.25) is 5.02 Å². The second-order valence-electron chi connectivity index (χ2n) is 6.12. The molecule has 1 heterocycles. The molecule has 5 nitrogen and oxygen atoms in total. The van der Waals surface area contributed by atoms with Crippen molar-refractivity contribution >= 4 is 27.3 Å². The fourth-order valence-electron chi connectivity index (χ4n) is 2.74. The average molecular weight is 381 g/mol. The minimum atomic E-state index is -3.63. The number of aryl methyl sites for hydroxylation is 1. The van der Waals surface area contributed by atoms with Gasteiger partial charge in [-0.25, -0.2) is 8.42 Å². The van der Waals surface area contributed by atoms with Crippen LogP contribution in [0.3, 0.4) is 0 Å². The first kappa shape index (κ1) is 18.2. The fraction of sp³-hybridized carbons (Fsp3) is 0.333. The van der Waals surface area contributed by atoms with Gasteiger partial charge in [-0.3, -0.25) is 9.62 Å². The fourth-order valence-corrected chi connectivity index (χ4v) is 4.13. The molecule has 0 saturated carbocycles. The molecule has 1 aliphatic heterocycles. The second kappa shape index (κ2) is 7.74. The lowest BCUT2D eigenvalue weighted by Crippen LogP contribution is -2.35. The smallest absolute Gasteiger partial charge is 0.261 e. The topological polar surface area (TPSA) is 58.6 Å². The van der Waals surface area contributed by atoms with Crippen LogP contribution in [0, 0.1) is 6.92 Å². The molecular formula is C18H21ClN2O3S. The van der Waals surface area contributed by atoms with Crippen molar-refractivity contribution in [3.63, 3.8) is 0 Å². The number of sulfonamides is 1. The summed E-state index contributed by atoms with van der Waals surface area (Å²) in [6.07, 6.45) is 0. The van der Waals surface area contributed by atoms with Crippen molar-refractivity contribution in [2.75, 3.05) is 31.0 Å². The maximum atomic E-state index is 12.5. The summed E-state index contributed by atoms with van der Waals surface area (Å²) in [4.78, 5) is 2.50. The van der Waals surface area contributed by atoms with Gasteiger partial charge in [0.1, 0.15) is 0 Å². The lowest BCUT2D eigenvalue weighted by molar-refractivity contribution is 0.0342. The van der Waals surface area contributed by atoms with Crippen molar-refractivity contribution in [3.05, 3.63) is 58.6 Å². The van der Waals surface area contributed by atoms with Gasteiger partial charge in [-0.1, -0.05) is 29.8 Å². The van der Waals surface area contributed by atoms with Gasteiger partial charge in [0.25, 0.3) is 10.0 Å². The van der Waals surface area contributed by atoms with E-state index in [2.05, 4.69) is 9.62 Å². The van der Waals surface area contributed by atoms with Gasteiger partial charge in [-0.2, -0.15) is 0 Å². The van der Waals surface area contributed by atoms with E-state index in [-0.39, 0.29) is 4.90 Å². The summed E-state index contributed by atoms with van der Waals surface area (Å²) in [5.41, 5.74) is 2.32. The molecule has 0 amide bonds. The molecule has 7 heteroatoms. The molecule has 0 atom stereocenters. The molecular weight excluding hydrogens is 360 g/mol. The Bertz CT molecular complexity index is 849. The second-order valence-corrected chi connectivity index (χ2v) is 8.21. The zero-order chi connectivity index (χ0) is 17.9. The molecule has 1 N–H and O–H groups in total. The minimum absolute atomic E-state index is 0.237. The number of hydrogen-bond acceptors (Lipinski definition) is 4. The van der Waals surface area contributed by atoms with Crippen molar-refractivity contribution < 1.29 is 13.2 Å². The van der Waals surface area contributed by atoms with Crippen LogP contribution in [-0.4, -0.2) is 39.6 Å². The van der Waals surface area contributed by atoms with Gasteiger partial charge in [0.15, 0.2) is 0 Å². The molecule has 25 heavy (non-hydrogen) atoms. The first-order chi connectivity index (χ1) is 11.9. The summed E-state index contributed by atoms with van der Waals surface area (Å²) in [6.45, 7) is 5.79. The Morgan fingerprint density at radius 2 is 1.92 bits per heavy atom. The van der Waals surface area contributed by atoms with Crippen LogP contribution in [-0.2, 0) is 21.3 Å². The van der Waals surface area contributed by atoms with E-state index in [1.165, 1.54) is 0 Å². The molecule has 3 rings (SSSR count). The first-order valence-corrected chi connectivity index (χ1v) is 9.98. The molecule has 0 bridgehead atoms. The van der Waals surface area contributed by atoms with Crippen LogP contribution >= 0.6 is 11.6 Å². The number of halogens is 1. The van der Waals surface area contributed by atoms with Gasteiger partial charge in [0.2, 0.25) is 0 Å². The Morgan fingerprint density at radius 3 is 2.60 bits per heavy atom. The summed E-state index contributed by atoms with van der Waals surface area (Å²) < 4.78 is 32.9. The van der Waals surface area contributed by atoms with Crippen LogP contribution in [0.25, 0.3) is 0 Å². The molecule has 0 radical (unpaired) electrons. The SMILES string of the molecule is Cc1cccc(S(=O)(=O)Nc2ccc(CN3CCOCC3)c(Cl)c2)c1. The number of morpholine rings is 1. The van der Waals surface area contributed by atoms with Crippen molar-refractivity contribution in [3.8, 4) is 0 Å². The molecule has 2 aromatic rings. The van der Waals surface area contributed by atoms with E-state index in [0.29, 0.717) is 10.7 Å². The highest BCUT2D eigenvalue weighted by molar-refractivity contribution is 7.92. The zero-order valence-corrected chi connectivity index (χ0v) is 15.6. The van der Waals surface area contributed by atoms with Crippen LogP contribution in [0.15, 0.2) is 47.4 Å². The monoisotopic (exact) mass is 380 g/mol. The Kier molecular flexibility index (Phi) is 5.64. The van der Waals surface area contributed by atoms with Crippen LogP contribution in [0.1, 0.15) is 11.1 Å². The number of hydrogen-bond donors (Lipinski definition) is 1. The summed E-state index contributed by atoms with van der Waals surface area (Å²) >= 11 is 6.36. The van der Waals surface area contributed by atoms with E-state index < -0.39 is 10.0 Å². The lowest BCUT2D eigenvalue weighted by atomic mass is 10.2. The normalized spacial score (nSPS) is 15.9. The third-order valence-corrected chi connectivity index (χ3v) is 5.83. The predicted octanol–water partition coefficient (Wildman–Crippen LogP) is 3.28. The van der Waals surface area contributed by atoms with E-state index >= 15 is 0 Å². The van der Waals surface area contributed by atoms with Crippen molar-refractivity contribution in [1.82, 2.24) is 4.90 Å². The van der Waals surface area contributed by atoms with Crippen molar-refractivity contribution in [2.45, 2.75) is 18.4 Å². The quantitative estimate of drug-likeness (QED) is 0.864. The highest BCUT2D eigenvalue weighted by Gasteiger charge is 2.16. The largest absolute Gasteiger partial charge is 0.379 e. The van der Waals surface area contributed by atoms with Crippen LogP contribution < -0.4 is 4.72 Å². The molecule has 1 fully saturated rings. The van der Waals surface area contributed by atoms with E-state index in [0.717, 1.165) is 44.0 Å². The average Bonchev–Trinajstić information content (AvgIpc) is 2.58. The molecule has 134 valence electrons. The predicted molar refractivity (Wildman–Crippen MR) is 99.5 cm³/mol. The molecule has 0 aliphatic carbocycles. The van der Waals surface area contributed by atoms with Gasteiger partial charge in [-0.15, -0.1) is 0 Å². The summed E-state index contributed by atoms with van der Waals surface area (Å²) in [5, 5.41) is 0.552. The van der Waals surface area contributed by atoms with E-state index in [1.807, 2.05) is 19.1 Å². The number of anilines is 1. The molecule has 0 spiro atoms. The minimum Gasteiger partial charge on any atom is -0.379 e. The number of nitrogens with one attached hydrogen (secondary N) is 1. The maximum absolute atomic E-state index is 12.5. The number of rotatable bonds is 5. The van der Waals surface area contributed by atoms with Crippen molar-refractivity contribution in [2.24, 2.45) is 0 Å². The van der Waals surface area contributed by atoms with Crippen LogP contribution in [0.5, 0.6) is 0 Å². The van der Waals surface area contributed by atoms with E-state index in [9.17, 15) is 8.42 Å². The zero-order valence-electron chi connectivity index (χ0n) is 14.0. The van der Waals surface area contributed by atoms with Crippen molar-refractivity contribution in [1.29, 1.82) is 0 Å². The number of nitrogens with zero attached hydrogens (tertiary/aromatic N) is 1. The molecule has 1 aliphatic rings. The maximum Gasteiger partial charge on any atom is 0.261 e. The van der Waals surface area contributed by atoms with Gasteiger partial charge in [0, 0.05) is 24.7 Å². The highest BCUT2D eigenvalue weighted by Crippen LogP contribution is 2.25. The van der Waals surface area contributed by atoms with Gasteiger partial charge in [0.05, 0.1) is 23.8 Å². The Balaban J connectivity index is 1.74. The summed E-state index contributed by atoms with van der Waals surface area (Å²) in [6, 6.07) is 12.1.